The highest BCUT2D eigenvalue weighted by Gasteiger charge is 2.23. The van der Waals surface area contributed by atoms with Crippen LogP contribution in [0.4, 0.5) is 0 Å². The molecule has 0 aliphatic heterocycles. The monoisotopic (exact) mass is 422 g/mol. The van der Waals surface area contributed by atoms with Gasteiger partial charge in [-0.1, -0.05) is 64.5 Å². The van der Waals surface area contributed by atoms with Crippen molar-refractivity contribution in [1.82, 2.24) is 9.97 Å². The van der Waals surface area contributed by atoms with Crippen molar-refractivity contribution < 1.29 is 9.53 Å². The SMILES string of the molecule is CCCCCCCc1cnc(-c2ccc(C(=O)OC3CCC(CCC)CC3)cc2)nc1. The van der Waals surface area contributed by atoms with E-state index in [-0.39, 0.29) is 12.1 Å². The van der Waals surface area contributed by atoms with Gasteiger partial charge in [-0.05, 0) is 62.1 Å². The third-order valence-electron chi connectivity index (χ3n) is 6.42. The van der Waals surface area contributed by atoms with Gasteiger partial charge in [0.15, 0.2) is 5.82 Å². The van der Waals surface area contributed by atoms with E-state index < -0.39 is 0 Å². The van der Waals surface area contributed by atoms with Crippen LogP contribution in [-0.4, -0.2) is 22.0 Å². The van der Waals surface area contributed by atoms with Crippen molar-refractivity contribution in [2.24, 2.45) is 5.92 Å². The predicted octanol–water partition coefficient (Wildman–Crippen LogP) is 7.17. The molecule has 1 saturated carbocycles. The molecule has 1 aromatic carbocycles. The molecule has 0 atom stereocenters. The Morgan fingerprint density at radius 2 is 1.58 bits per heavy atom. The Morgan fingerprint density at radius 1 is 0.903 bits per heavy atom. The molecule has 0 saturated heterocycles. The number of hydrogen-bond acceptors (Lipinski definition) is 4. The minimum Gasteiger partial charge on any atom is -0.459 e. The van der Waals surface area contributed by atoms with Crippen molar-refractivity contribution in [2.75, 3.05) is 0 Å². The van der Waals surface area contributed by atoms with E-state index in [2.05, 4.69) is 23.8 Å². The molecule has 4 nitrogen and oxygen atoms in total. The third-order valence-corrected chi connectivity index (χ3v) is 6.42. The highest BCUT2D eigenvalue weighted by Crippen LogP contribution is 2.30. The first-order valence-corrected chi connectivity index (χ1v) is 12.3. The van der Waals surface area contributed by atoms with E-state index in [1.807, 2.05) is 36.7 Å². The Labute approximate surface area is 187 Å². The van der Waals surface area contributed by atoms with Crippen LogP contribution in [0.15, 0.2) is 36.7 Å². The normalized spacial score (nSPS) is 18.6. The van der Waals surface area contributed by atoms with Crippen LogP contribution in [0.5, 0.6) is 0 Å². The molecule has 0 unspecified atom stereocenters. The highest BCUT2D eigenvalue weighted by atomic mass is 16.5. The molecule has 0 amide bonds. The van der Waals surface area contributed by atoms with Crippen molar-refractivity contribution in [3.8, 4) is 11.4 Å². The Bertz CT molecular complexity index is 778. The van der Waals surface area contributed by atoms with E-state index in [0.717, 1.165) is 30.7 Å². The predicted molar refractivity (Wildman–Crippen MR) is 126 cm³/mol. The molecule has 0 spiro atoms. The van der Waals surface area contributed by atoms with Crippen LogP contribution in [0.2, 0.25) is 0 Å². The van der Waals surface area contributed by atoms with Crippen LogP contribution in [0, 0.1) is 5.92 Å². The maximum Gasteiger partial charge on any atom is 0.338 e. The van der Waals surface area contributed by atoms with Crippen molar-refractivity contribution in [1.29, 1.82) is 0 Å². The highest BCUT2D eigenvalue weighted by molar-refractivity contribution is 5.90. The van der Waals surface area contributed by atoms with E-state index in [1.54, 1.807) is 0 Å². The number of hydrogen-bond donors (Lipinski definition) is 0. The second kappa shape index (κ2) is 12.6. The lowest BCUT2D eigenvalue weighted by atomic mass is 9.85. The number of aromatic nitrogens is 2. The lowest BCUT2D eigenvalue weighted by molar-refractivity contribution is 0.0161. The molecular formula is C27H38N2O2. The smallest absolute Gasteiger partial charge is 0.338 e. The molecule has 168 valence electrons. The number of carbonyl (C=O) groups is 1. The average Bonchev–Trinajstić information content (AvgIpc) is 2.81. The van der Waals surface area contributed by atoms with E-state index in [4.69, 9.17) is 4.74 Å². The first kappa shape index (κ1) is 23.4. The van der Waals surface area contributed by atoms with Crippen molar-refractivity contribution in [2.45, 2.75) is 97.0 Å². The molecule has 1 aliphatic rings. The number of unbranched alkanes of at least 4 members (excludes halogenated alkanes) is 4. The van der Waals surface area contributed by atoms with Crippen LogP contribution in [0.3, 0.4) is 0 Å². The molecule has 4 heteroatoms. The van der Waals surface area contributed by atoms with Gasteiger partial charge in [-0.2, -0.15) is 0 Å². The molecular weight excluding hydrogens is 384 g/mol. The number of ether oxygens (including phenoxy) is 1. The van der Waals surface area contributed by atoms with E-state index >= 15 is 0 Å². The summed E-state index contributed by atoms with van der Waals surface area (Å²) < 4.78 is 5.76. The summed E-state index contributed by atoms with van der Waals surface area (Å²) in [7, 11) is 0. The number of carbonyl (C=O) groups excluding carboxylic acids is 1. The first-order chi connectivity index (χ1) is 15.2. The van der Waals surface area contributed by atoms with Gasteiger partial charge in [-0.25, -0.2) is 14.8 Å². The van der Waals surface area contributed by atoms with Gasteiger partial charge in [0, 0.05) is 18.0 Å². The van der Waals surface area contributed by atoms with Gasteiger partial charge in [-0.15, -0.1) is 0 Å². The molecule has 2 aromatic rings. The van der Waals surface area contributed by atoms with E-state index in [9.17, 15) is 4.79 Å². The number of rotatable bonds is 11. The van der Waals surface area contributed by atoms with Crippen molar-refractivity contribution in [3.05, 3.63) is 47.8 Å². The summed E-state index contributed by atoms with van der Waals surface area (Å²) in [6, 6.07) is 7.47. The number of nitrogens with zero attached hydrogens (tertiary/aromatic N) is 2. The zero-order valence-corrected chi connectivity index (χ0v) is 19.3. The Balaban J connectivity index is 1.47. The summed E-state index contributed by atoms with van der Waals surface area (Å²) in [5.41, 5.74) is 2.71. The summed E-state index contributed by atoms with van der Waals surface area (Å²) in [4.78, 5) is 21.6. The van der Waals surface area contributed by atoms with Crippen LogP contribution in [-0.2, 0) is 11.2 Å². The van der Waals surface area contributed by atoms with Gasteiger partial charge < -0.3 is 4.74 Å². The maximum absolute atomic E-state index is 12.5. The first-order valence-electron chi connectivity index (χ1n) is 12.3. The summed E-state index contributed by atoms with van der Waals surface area (Å²) in [6.07, 6.45) is 18.2. The van der Waals surface area contributed by atoms with Crippen molar-refractivity contribution in [3.63, 3.8) is 0 Å². The molecule has 0 bridgehead atoms. The van der Waals surface area contributed by atoms with E-state index in [0.29, 0.717) is 11.4 Å². The number of aryl methyl sites for hydroxylation is 1. The maximum atomic E-state index is 12.5. The van der Waals surface area contributed by atoms with Crippen LogP contribution in [0.1, 0.15) is 100 Å². The van der Waals surface area contributed by atoms with Crippen molar-refractivity contribution >= 4 is 5.97 Å². The average molecular weight is 423 g/mol. The fourth-order valence-corrected chi connectivity index (χ4v) is 4.49. The number of esters is 1. The minimum absolute atomic E-state index is 0.0677. The fraction of sp³-hybridized carbons (Fsp3) is 0.593. The molecule has 1 aromatic heterocycles. The van der Waals surface area contributed by atoms with Gasteiger partial charge in [0.2, 0.25) is 0 Å². The number of benzene rings is 1. The van der Waals surface area contributed by atoms with Crippen LogP contribution >= 0.6 is 0 Å². The topological polar surface area (TPSA) is 52.1 Å². The molecule has 1 aliphatic carbocycles. The Morgan fingerprint density at radius 3 is 2.23 bits per heavy atom. The van der Waals surface area contributed by atoms with Crippen LogP contribution in [0.25, 0.3) is 11.4 Å². The summed E-state index contributed by atoms with van der Waals surface area (Å²) in [5, 5.41) is 0. The van der Waals surface area contributed by atoms with Crippen LogP contribution < -0.4 is 0 Å². The Kier molecular flexibility index (Phi) is 9.51. The zero-order valence-electron chi connectivity index (χ0n) is 19.3. The fourth-order valence-electron chi connectivity index (χ4n) is 4.49. The third kappa shape index (κ3) is 7.45. The quantitative estimate of drug-likeness (QED) is 0.284. The molecule has 0 radical (unpaired) electrons. The molecule has 3 rings (SSSR count). The second-order valence-corrected chi connectivity index (χ2v) is 8.99. The van der Waals surface area contributed by atoms with Gasteiger partial charge >= 0.3 is 5.97 Å². The largest absolute Gasteiger partial charge is 0.459 e. The standard InChI is InChI=1S/C27H38N2O2/c1-3-5-6-7-8-10-22-19-28-26(29-20-22)23-13-15-24(16-14-23)27(30)31-25-17-11-21(9-4-2)12-18-25/h13-16,19-21,25H,3-12,17-18H2,1-2H3. The van der Waals surface area contributed by atoms with E-state index in [1.165, 1.54) is 63.4 Å². The Hall–Kier alpha value is -2.23. The lowest BCUT2D eigenvalue weighted by Gasteiger charge is -2.28. The molecule has 0 N–H and O–H groups in total. The summed E-state index contributed by atoms with van der Waals surface area (Å²) in [6.45, 7) is 4.48. The zero-order chi connectivity index (χ0) is 21.9. The molecule has 1 heterocycles. The minimum atomic E-state index is -0.218. The summed E-state index contributed by atoms with van der Waals surface area (Å²) >= 11 is 0. The van der Waals surface area contributed by atoms with Gasteiger partial charge in [0.1, 0.15) is 6.10 Å². The molecule has 31 heavy (non-hydrogen) atoms. The van der Waals surface area contributed by atoms with Gasteiger partial charge in [0.05, 0.1) is 5.56 Å². The summed E-state index contributed by atoms with van der Waals surface area (Å²) in [5.74, 6) is 1.29. The second-order valence-electron chi connectivity index (χ2n) is 8.99. The van der Waals surface area contributed by atoms with Gasteiger partial charge in [0.25, 0.3) is 0 Å². The molecule has 1 fully saturated rings. The lowest BCUT2D eigenvalue weighted by Crippen LogP contribution is -2.24. The van der Waals surface area contributed by atoms with Gasteiger partial charge in [-0.3, -0.25) is 0 Å².